The summed E-state index contributed by atoms with van der Waals surface area (Å²) in [4.78, 5) is 10.8. The number of ether oxygens (including phenoxy) is 2. The van der Waals surface area contributed by atoms with E-state index in [-0.39, 0.29) is 12.1 Å². The van der Waals surface area contributed by atoms with Gasteiger partial charge in [0.2, 0.25) is 0 Å². The van der Waals surface area contributed by atoms with Crippen LogP contribution in [0.25, 0.3) is 0 Å². The van der Waals surface area contributed by atoms with Crippen LogP contribution in [0.1, 0.15) is 25.7 Å². The first-order valence-electron chi connectivity index (χ1n) is 4.89. The zero-order valence-corrected chi connectivity index (χ0v) is 8.44. The molecule has 0 spiro atoms. The van der Waals surface area contributed by atoms with Crippen molar-refractivity contribution < 1.29 is 14.3 Å². The Balaban J connectivity index is 2.41. The van der Waals surface area contributed by atoms with Crippen LogP contribution < -0.4 is 5.73 Å². The van der Waals surface area contributed by atoms with Crippen LogP contribution in [0.15, 0.2) is 12.2 Å². The molecular formula is C10H17NO3. The Labute approximate surface area is 84.1 Å². The lowest BCUT2D eigenvalue weighted by Gasteiger charge is -2.17. The summed E-state index contributed by atoms with van der Waals surface area (Å²) in [7, 11) is 1.31. The third-order valence-electron chi connectivity index (χ3n) is 2.27. The van der Waals surface area contributed by atoms with E-state index in [2.05, 4.69) is 4.74 Å². The van der Waals surface area contributed by atoms with E-state index in [4.69, 9.17) is 10.5 Å². The first kappa shape index (κ1) is 11.0. The van der Waals surface area contributed by atoms with Crippen molar-refractivity contribution in [1.82, 2.24) is 0 Å². The highest BCUT2D eigenvalue weighted by Gasteiger charge is 2.14. The zero-order valence-electron chi connectivity index (χ0n) is 8.44. The second kappa shape index (κ2) is 5.65. The molecule has 0 heterocycles. The van der Waals surface area contributed by atoms with Crippen LogP contribution in [0.2, 0.25) is 0 Å². The highest BCUT2D eigenvalue weighted by molar-refractivity contribution is 5.60. The van der Waals surface area contributed by atoms with Gasteiger partial charge in [0.05, 0.1) is 7.11 Å². The Morgan fingerprint density at radius 2 is 2.29 bits per heavy atom. The summed E-state index contributed by atoms with van der Waals surface area (Å²) in [5, 5.41) is 0. The van der Waals surface area contributed by atoms with Gasteiger partial charge in [0.15, 0.2) is 0 Å². The average molecular weight is 199 g/mol. The fourth-order valence-corrected chi connectivity index (χ4v) is 1.47. The fraction of sp³-hybridized carbons (Fsp3) is 0.700. The Hall–Kier alpha value is -1.03. The minimum absolute atomic E-state index is 0.157. The highest BCUT2D eigenvalue weighted by Crippen LogP contribution is 2.14. The van der Waals surface area contributed by atoms with Gasteiger partial charge in [0.25, 0.3) is 0 Å². The average Bonchev–Trinajstić information content (AvgIpc) is 2.14. The maximum Gasteiger partial charge on any atom is 0.508 e. The van der Waals surface area contributed by atoms with Crippen LogP contribution >= 0.6 is 0 Å². The van der Waals surface area contributed by atoms with Gasteiger partial charge < -0.3 is 15.2 Å². The topological polar surface area (TPSA) is 61.5 Å². The molecule has 4 nitrogen and oxygen atoms in total. The number of methoxy groups -OCH3 is 1. The van der Waals surface area contributed by atoms with Gasteiger partial charge in [-0.1, -0.05) is 6.08 Å². The zero-order chi connectivity index (χ0) is 10.4. The first-order chi connectivity index (χ1) is 6.72. The van der Waals surface area contributed by atoms with Gasteiger partial charge in [0, 0.05) is 6.04 Å². The molecule has 0 radical (unpaired) electrons. The lowest BCUT2D eigenvalue weighted by atomic mass is 10.0. The molecule has 0 bridgehead atoms. The molecule has 14 heavy (non-hydrogen) atoms. The number of nitrogens with two attached hydrogens (primary N) is 1. The van der Waals surface area contributed by atoms with E-state index in [1.165, 1.54) is 7.11 Å². The number of carbonyl (C=O) groups is 1. The molecule has 1 unspecified atom stereocenters. The summed E-state index contributed by atoms with van der Waals surface area (Å²) in [5.41, 5.74) is 5.79. The van der Waals surface area contributed by atoms with E-state index in [9.17, 15) is 4.79 Å². The molecule has 0 aromatic carbocycles. The van der Waals surface area contributed by atoms with Crippen molar-refractivity contribution in [2.45, 2.75) is 37.8 Å². The van der Waals surface area contributed by atoms with Crippen LogP contribution in [-0.2, 0) is 9.47 Å². The molecule has 0 amide bonds. The molecule has 0 aliphatic heterocycles. The molecular weight excluding hydrogens is 182 g/mol. The normalized spacial score (nSPS) is 29.9. The van der Waals surface area contributed by atoms with E-state index in [0.717, 1.165) is 25.7 Å². The molecule has 0 aromatic heterocycles. The Morgan fingerprint density at radius 1 is 1.50 bits per heavy atom. The van der Waals surface area contributed by atoms with Gasteiger partial charge in [0.1, 0.15) is 6.10 Å². The lowest BCUT2D eigenvalue weighted by molar-refractivity contribution is 0.0486. The second-order valence-electron chi connectivity index (χ2n) is 3.47. The molecule has 0 fully saturated rings. The smallest absolute Gasteiger partial charge is 0.438 e. The van der Waals surface area contributed by atoms with Gasteiger partial charge in [-0.15, -0.1) is 0 Å². The maximum atomic E-state index is 10.8. The SMILES string of the molecule is COC(=O)OC1/C=C/C[C@@H](N)CCC1. The summed E-state index contributed by atoms with van der Waals surface area (Å²) in [5.74, 6) is 0. The molecule has 1 aliphatic carbocycles. The number of rotatable bonds is 1. The van der Waals surface area contributed by atoms with Crippen molar-refractivity contribution >= 4 is 6.16 Å². The molecule has 2 atom stereocenters. The largest absolute Gasteiger partial charge is 0.508 e. The van der Waals surface area contributed by atoms with Crippen molar-refractivity contribution in [3.05, 3.63) is 12.2 Å². The molecule has 80 valence electrons. The van der Waals surface area contributed by atoms with Gasteiger partial charge >= 0.3 is 6.16 Å². The van der Waals surface area contributed by atoms with Gasteiger partial charge in [-0.2, -0.15) is 0 Å². The van der Waals surface area contributed by atoms with E-state index in [1.807, 2.05) is 12.2 Å². The van der Waals surface area contributed by atoms with E-state index in [0.29, 0.717) is 0 Å². The van der Waals surface area contributed by atoms with Gasteiger partial charge in [-0.25, -0.2) is 4.79 Å². The third kappa shape index (κ3) is 3.79. The fourth-order valence-electron chi connectivity index (χ4n) is 1.47. The third-order valence-corrected chi connectivity index (χ3v) is 2.27. The molecule has 2 N–H and O–H groups in total. The monoisotopic (exact) mass is 199 g/mol. The summed E-state index contributed by atoms with van der Waals surface area (Å²) >= 11 is 0. The summed E-state index contributed by atoms with van der Waals surface area (Å²) < 4.78 is 9.45. The Kier molecular flexibility index (Phi) is 4.46. The van der Waals surface area contributed by atoms with Crippen molar-refractivity contribution in [3.63, 3.8) is 0 Å². The molecule has 0 aromatic rings. The second-order valence-corrected chi connectivity index (χ2v) is 3.47. The quantitative estimate of drug-likeness (QED) is 0.514. The molecule has 1 aliphatic rings. The van der Waals surface area contributed by atoms with Crippen LogP contribution in [0, 0.1) is 0 Å². The van der Waals surface area contributed by atoms with Crippen molar-refractivity contribution in [1.29, 1.82) is 0 Å². The minimum atomic E-state index is -0.621. The van der Waals surface area contributed by atoms with E-state index >= 15 is 0 Å². The van der Waals surface area contributed by atoms with E-state index in [1.54, 1.807) is 0 Å². The van der Waals surface area contributed by atoms with E-state index < -0.39 is 6.16 Å². The summed E-state index contributed by atoms with van der Waals surface area (Å²) in [6.07, 6.45) is 6.70. The number of carbonyl (C=O) groups excluding carboxylic acids is 1. The molecule has 4 heteroatoms. The van der Waals surface area contributed by atoms with Crippen LogP contribution in [-0.4, -0.2) is 25.4 Å². The Bertz CT molecular complexity index is 215. The van der Waals surface area contributed by atoms with Crippen molar-refractivity contribution in [2.75, 3.05) is 7.11 Å². The van der Waals surface area contributed by atoms with Crippen LogP contribution in [0.5, 0.6) is 0 Å². The maximum absolute atomic E-state index is 10.8. The van der Waals surface area contributed by atoms with Crippen LogP contribution in [0.3, 0.4) is 0 Å². The summed E-state index contributed by atoms with van der Waals surface area (Å²) in [6, 6.07) is 0.241. The predicted molar refractivity (Wildman–Crippen MR) is 52.9 cm³/mol. The molecule has 0 saturated heterocycles. The molecule has 1 rings (SSSR count). The van der Waals surface area contributed by atoms with Gasteiger partial charge in [-0.05, 0) is 31.8 Å². The van der Waals surface area contributed by atoms with Gasteiger partial charge in [-0.3, -0.25) is 0 Å². The summed E-state index contributed by atoms with van der Waals surface area (Å²) in [6.45, 7) is 0. The van der Waals surface area contributed by atoms with Crippen molar-refractivity contribution in [3.8, 4) is 0 Å². The highest BCUT2D eigenvalue weighted by atomic mass is 16.7. The van der Waals surface area contributed by atoms with Crippen molar-refractivity contribution in [2.24, 2.45) is 5.73 Å². The molecule has 0 saturated carbocycles. The lowest BCUT2D eigenvalue weighted by Crippen LogP contribution is -2.23. The standard InChI is InChI=1S/C10H17NO3/c1-13-10(12)14-9-6-2-4-8(11)5-3-7-9/h2,6,8-9H,3-5,7,11H2,1H3/b6-2+/t8-,9?/m1/s1. The predicted octanol–water partition coefficient (Wildman–Crippen LogP) is 1.60. The Morgan fingerprint density at radius 3 is 3.00 bits per heavy atom. The number of hydrogen-bond acceptors (Lipinski definition) is 4. The number of hydrogen-bond donors (Lipinski definition) is 1. The minimum Gasteiger partial charge on any atom is -0.438 e. The van der Waals surface area contributed by atoms with Crippen LogP contribution in [0.4, 0.5) is 4.79 Å². The first-order valence-corrected chi connectivity index (χ1v) is 4.89.